The van der Waals surface area contributed by atoms with Gasteiger partial charge in [-0.1, -0.05) is 50.3 Å². The average molecular weight is 310 g/mol. The molecule has 22 heavy (non-hydrogen) atoms. The van der Waals surface area contributed by atoms with Crippen LogP contribution < -0.4 is 10.2 Å². The van der Waals surface area contributed by atoms with Gasteiger partial charge in [-0.25, -0.2) is 0 Å². The fourth-order valence-electron chi connectivity index (χ4n) is 2.99. The third-order valence-corrected chi connectivity index (χ3v) is 4.58. The lowest BCUT2D eigenvalue weighted by atomic mass is 9.99. The normalized spacial score (nSPS) is 16.4. The molecule has 0 radical (unpaired) electrons. The zero-order valence-corrected chi connectivity index (χ0v) is 14.4. The Labute approximate surface area is 138 Å². The van der Waals surface area contributed by atoms with Gasteiger partial charge in [0.05, 0.1) is 0 Å². The Bertz CT molecular complexity index is 702. The predicted octanol–water partition coefficient (Wildman–Crippen LogP) is 5.15. The molecule has 2 aromatic carbocycles. The summed E-state index contributed by atoms with van der Waals surface area (Å²) in [7, 11) is 0. The first kappa shape index (κ1) is 15.0. The summed E-state index contributed by atoms with van der Waals surface area (Å²) in [4.78, 5) is 3.08. The number of hydrogen-bond acceptors (Lipinski definition) is 2. The van der Waals surface area contributed by atoms with Crippen molar-refractivity contribution in [3.8, 4) is 0 Å². The van der Waals surface area contributed by atoms with Crippen molar-refractivity contribution in [2.45, 2.75) is 39.3 Å². The van der Waals surface area contributed by atoms with Gasteiger partial charge in [0.25, 0.3) is 0 Å². The molecule has 1 aliphatic rings. The zero-order chi connectivity index (χ0) is 15.9. The van der Waals surface area contributed by atoms with E-state index in [9.17, 15) is 0 Å². The Morgan fingerprint density at radius 1 is 1.00 bits per heavy atom. The summed E-state index contributed by atoms with van der Waals surface area (Å²) in [6.07, 6.45) is 0. The highest BCUT2D eigenvalue weighted by atomic mass is 32.1. The first-order chi connectivity index (χ1) is 10.4. The number of benzene rings is 2. The molecule has 3 rings (SSSR count). The SMILES string of the molecule is CC(C)c1ccc(N2C(=S)c3ccccc3NC2(C)C)cc1. The highest BCUT2D eigenvalue weighted by Crippen LogP contribution is 2.35. The van der Waals surface area contributed by atoms with Crippen LogP contribution in [0.3, 0.4) is 0 Å². The van der Waals surface area contributed by atoms with E-state index in [0.29, 0.717) is 5.92 Å². The van der Waals surface area contributed by atoms with Crippen molar-refractivity contribution in [3.63, 3.8) is 0 Å². The van der Waals surface area contributed by atoms with Gasteiger partial charge in [-0.15, -0.1) is 0 Å². The number of fused-ring (bicyclic) bond motifs is 1. The van der Waals surface area contributed by atoms with Crippen molar-refractivity contribution in [2.75, 3.05) is 10.2 Å². The second-order valence-electron chi connectivity index (χ2n) is 6.62. The molecule has 1 N–H and O–H groups in total. The minimum absolute atomic E-state index is 0.259. The third kappa shape index (κ3) is 2.50. The van der Waals surface area contributed by atoms with Crippen LogP contribution in [-0.4, -0.2) is 10.7 Å². The summed E-state index contributed by atoms with van der Waals surface area (Å²) in [6, 6.07) is 17.0. The van der Waals surface area contributed by atoms with Crippen molar-refractivity contribution in [1.29, 1.82) is 0 Å². The van der Waals surface area contributed by atoms with Gasteiger partial charge < -0.3 is 10.2 Å². The molecule has 0 amide bonds. The maximum absolute atomic E-state index is 5.78. The Morgan fingerprint density at radius 2 is 1.64 bits per heavy atom. The van der Waals surface area contributed by atoms with Crippen molar-refractivity contribution in [3.05, 3.63) is 59.7 Å². The molecule has 0 aromatic heterocycles. The van der Waals surface area contributed by atoms with Crippen LogP contribution in [0.25, 0.3) is 0 Å². The molecular weight excluding hydrogens is 288 g/mol. The highest BCUT2D eigenvalue weighted by molar-refractivity contribution is 7.81. The second kappa shape index (κ2) is 5.40. The first-order valence-electron chi connectivity index (χ1n) is 7.72. The largest absolute Gasteiger partial charge is 0.362 e. The van der Waals surface area contributed by atoms with Crippen LogP contribution in [-0.2, 0) is 0 Å². The lowest BCUT2D eigenvalue weighted by Gasteiger charge is -2.46. The van der Waals surface area contributed by atoms with Crippen LogP contribution in [0.4, 0.5) is 11.4 Å². The minimum Gasteiger partial charge on any atom is -0.362 e. The monoisotopic (exact) mass is 310 g/mol. The average Bonchev–Trinajstić information content (AvgIpc) is 2.47. The molecule has 2 aromatic rings. The van der Waals surface area contributed by atoms with Crippen LogP contribution in [0.2, 0.25) is 0 Å². The van der Waals surface area contributed by atoms with E-state index in [2.05, 4.69) is 74.3 Å². The topological polar surface area (TPSA) is 15.3 Å². The smallest absolute Gasteiger partial charge is 0.117 e. The Kier molecular flexibility index (Phi) is 3.69. The molecule has 0 spiro atoms. The van der Waals surface area contributed by atoms with Gasteiger partial charge in [0.15, 0.2) is 0 Å². The number of nitrogens with one attached hydrogen (secondary N) is 1. The molecule has 0 saturated carbocycles. The summed E-state index contributed by atoms with van der Waals surface area (Å²) in [5, 5.41) is 3.59. The van der Waals surface area contributed by atoms with Gasteiger partial charge in [-0.05, 0) is 49.6 Å². The quantitative estimate of drug-likeness (QED) is 0.772. The van der Waals surface area contributed by atoms with E-state index in [1.807, 2.05) is 12.1 Å². The maximum Gasteiger partial charge on any atom is 0.117 e. The van der Waals surface area contributed by atoms with Crippen LogP contribution in [0.15, 0.2) is 48.5 Å². The van der Waals surface area contributed by atoms with E-state index in [-0.39, 0.29) is 5.66 Å². The number of anilines is 2. The van der Waals surface area contributed by atoms with E-state index in [4.69, 9.17) is 12.2 Å². The summed E-state index contributed by atoms with van der Waals surface area (Å²) in [6.45, 7) is 8.74. The van der Waals surface area contributed by atoms with Gasteiger partial charge >= 0.3 is 0 Å². The molecular formula is C19H22N2S. The standard InChI is InChI=1S/C19H22N2S/c1-13(2)14-9-11-15(12-10-14)21-18(22)16-7-5-6-8-17(16)20-19(21,3)4/h5-13,20H,1-4H3. The zero-order valence-electron chi connectivity index (χ0n) is 13.6. The number of nitrogens with zero attached hydrogens (tertiary/aromatic N) is 1. The molecule has 0 bridgehead atoms. The van der Waals surface area contributed by atoms with E-state index in [1.165, 1.54) is 5.56 Å². The van der Waals surface area contributed by atoms with E-state index < -0.39 is 0 Å². The Morgan fingerprint density at radius 3 is 2.27 bits per heavy atom. The van der Waals surface area contributed by atoms with Gasteiger partial charge in [0, 0.05) is 16.9 Å². The minimum atomic E-state index is -0.259. The lowest BCUT2D eigenvalue weighted by Crippen LogP contribution is -2.56. The van der Waals surface area contributed by atoms with E-state index >= 15 is 0 Å². The van der Waals surface area contributed by atoms with Gasteiger partial charge in [0.1, 0.15) is 10.7 Å². The van der Waals surface area contributed by atoms with Crippen molar-refractivity contribution < 1.29 is 0 Å². The number of thiocarbonyl (C=S) groups is 1. The Hall–Kier alpha value is -1.87. The molecule has 1 heterocycles. The van der Waals surface area contributed by atoms with Crippen LogP contribution in [0.5, 0.6) is 0 Å². The summed E-state index contributed by atoms with van der Waals surface area (Å²) in [5.74, 6) is 0.536. The fraction of sp³-hybridized carbons (Fsp3) is 0.316. The highest BCUT2D eigenvalue weighted by Gasteiger charge is 2.36. The fourth-order valence-corrected chi connectivity index (χ4v) is 3.50. The van der Waals surface area contributed by atoms with E-state index in [1.54, 1.807) is 0 Å². The molecule has 3 heteroatoms. The molecule has 0 fully saturated rings. The molecule has 0 aliphatic carbocycles. The first-order valence-corrected chi connectivity index (χ1v) is 8.13. The molecule has 0 atom stereocenters. The Balaban J connectivity index is 2.04. The second-order valence-corrected chi connectivity index (χ2v) is 7.00. The number of hydrogen-bond donors (Lipinski definition) is 1. The third-order valence-electron chi connectivity index (χ3n) is 4.18. The van der Waals surface area contributed by atoms with Crippen LogP contribution in [0.1, 0.15) is 44.7 Å². The maximum atomic E-state index is 5.78. The molecule has 0 unspecified atom stereocenters. The summed E-state index contributed by atoms with van der Waals surface area (Å²) in [5.41, 5.74) is 4.40. The number of rotatable bonds is 2. The van der Waals surface area contributed by atoms with Crippen molar-refractivity contribution in [2.24, 2.45) is 0 Å². The summed E-state index contributed by atoms with van der Waals surface area (Å²) < 4.78 is 0. The van der Waals surface area contributed by atoms with E-state index in [0.717, 1.165) is 21.9 Å². The van der Waals surface area contributed by atoms with Crippen LogP contribution >= 0.6 is 12.2 Å². The number of para-hydroxylation sites is 1. The molecule has 114 valence electrons. The van der Waals surface area contributed by atoms with Gasteiger partial charge in [-0.2, -0.15) is 0 Å². The van der Waals surface area contributed by atoms with Crippen molar-refractivity contribution >= 4 is 28.6 Å². The lowest BCUT2D eigenvalue weighted by molar-refractivity contribution is 0.585. The van der Waals surface area contributed by atoms with Crippen molar-refractivity contribution in [1.82, 2.24) is 0 Å². The predicted molar refractivity (Wildman–Crippen MR) is 98.9 cm³/mol. The van der Waals surface area contributed by atoms with Crippen LogP contribution in [0, 0.1) is 0 Å². The van der Waals surface area contributed by atoms with Gasteiger partial charge in [0.2, 0.25) is 0 Å². The van der Waals surface area contributed by atoms with Gasteiger partial charge in [-0.3, -0.25) is 0 Å². The molecule has 1 aliphatic heterocycles. The molecule has 2 nitrogen and oxygen atoms in total. The summed E-state index contributed by atoms with van der Waals surface area (Å²) >= 11 is 5.78. The molecule has 0 saturated heterocycles.